The Morgan fingerprint density at radius 2 is 1.43 bits per heavy atom. The minimum atomic E-state index is -4.94. The minimum Gasteiger partial charge on any atom is -0.445 e. The highest BCUT2D eigenvalue weighted by Crippen LogP contribution is 2.34. The van der Waals surface area contributed by atoms with Crippen LogP contribution in [0.25, 0.3) is 0 Å². The molecule has 30 heavy (non-hydrogen) atoms. The highest BCUT2D eigenvalue weighted by atomic mass is 19.4. The van der Waals surface area contributed by atoms with Crippen molar-refractivity contribution in [1.29, 1.82) is 0 Å². The number of hydrogen-bond donors (Lipinski definition) is 2. The number of nitrogens with one attached hydrogen (secondary N) is 2. The lowest BCUT2D eigenvalue weighted by Gasteiger charge is -2.41. The second-order valence-electron chi connectivity index (χ2n) is 7.63. The molecule has 1 aromatic carbocycles. The first-order valence-corrected chi connectivity index (χ1v) is 9.42. The number of benzene rings is 1. The molecule has 2 N–H and O–H groups in total. The molecule has 0 heterocycles. The van der Waals surface area contributed by atoms with Crippen molar-refractivity contribution in [2.75, 3.05) is 26.3 Å². The van der Waals surface area contributed by atoms with Gasteiger partial charge in [-0.1, -0.05) is 51.1 Å². The van der Waals surface area contributed by atoms with Gasteiger partial charge in [-0.3, -0.25) is 4.79 Å². The van der Waals surface area contributed by atoms with Crippen LogP contribution in [0.1, 0.15) is 33.3 Å². The highest BCUT2D eigenvalue weighted by molar-refractivity contribution is 5.81. The lowest BCUT2D eigenvalue weighted by atomic mass is 9.86. The smallest absolute Gasteiger partial charge is 0.445 e. The van der Waals surface area contributed by atoms with E-state index in [1.165, 1.54) is 0 Å². The fourth-order valence-corrected chi connectivity index (χ4v) is 2.16. The van der Waals surface area contributed by atoms with Gasteiger partial charge in [-0.15, -0.1) is 0 Å². The molecular weight excluding hydrogens is 405 g/mol. The quantitative estimate of drug-likeness (QED) is 0.436. The molecule has 0 spiro atoms. The molecule has 0 aliphatic carbocycles. The lowest BCUT2D eigenvalue weighted by molar-refractivity contribution is -0.276. The van der Waals surface area contributed by atoms with Gasteiger partial charge in [-0.25, -0.2) is 4.79 Å². The van der Waals surface area contributed by atoms with E-state index in [0.29, 0.717) is 0 Å². The molecular formula is C20H29F3N2O5. The summed E-state index contributed by atoms with van der Waals surface area (Å²) in [5.41, 5.74) is 0.324. The van der Waals surface area contributed by atoms with Gasteiger partial charge in [0.05, 0.1) is 13.2 Å². The van der Waals surface area contributed by atoms with Gasteiger partial charge in [-0.05, 0) is 12.5 Å². The van der Waals surface area contributed by atoms with E-state index in [1.807, 2.05) is 51.1 Å². The van der Waals surface area contributed by atoms with Gasteiger partial charge in [0.15, 0.2) is 5.79 Å². The molecule has 0 saturated carbocycles. The van der Waals surface area contributed by atoms with Gasteiger partial charge in [0.1, 0.15) is 6.61 Å². The van der Waals surface area contributed by atoms with Crippen LogP contribution in [-0.4, -0.2) is 50.3 Å². The molecule has 0 fully saturated rings. The first-order valence-electron chi connectivity index (χ1n) is 9.42. The van der Waals surface area contributed by atoms with Crippen LogP contribution < -0.4 is 10.6 Å². The summed E-state index contributed by atoms with van der Waals surface area (Å²) in [4.78, 5) is 22.6. The Labute approximate surface area is 174 Å². The van der Waals surface area contributed by atoms with Crippen molar-refractivity contribution in [3.05, 3.63) is 35.9 Å². The second-order valence-corrected chi connectivity index (χ2v) is 7.63. The number of hydrogen-bond acceptors (Lipinski definition) is 5. The third-order valence-electron chi connectivity index (χ3n) is 4.35. The standard InChI is InChI=1S/C20H29F3N2O5/c1-18(2,3)19(4,29-12-10-24-16(26)20(21,22)23)30-13-11-25-17(27)28-14-15-8-6-5-7-9-15/h5-9H,10-14H2,1-4H3,(H,24,26)(H,25,27). The lowest BCUT2D eigenvalue weighted by Crippen LogP contribution is -2.48. The highest BCUT2D eigenvalue weighted by Gasteiger charge is 2.41. The van der Waals surface area contributed by atoms with E-state index < -0.39 is 29.4 Å². The van der Waals surface area contributed by atoms with Crippen molar-refractivity contribution in [3.63, 3.8) is 0 Å². The van der Waals surface area contributed by atoms with Gasteiger partial charge >= 0.3 is 18.2 Å². The van der Waals surface area contributed by atoms with Crippen molar-refractivity contribution >= 4 is 12.0 Å². The normalized spacial score (nSPS) is 14.0. The van der Waals surface area contributed by atoms with Gasteiger partial charge < -0.3 is 24.8 Å². The summed E-state index contributed by atoms with van der Waals surface area (Å²) in [5, 5.41) is 4.29. The third-order valence-corrected chi connectivity index (χ3v) is 4.35. The van der Waals surface area contributed by atoms with Crippen LogP contribution >= 0.6 is 0 Å². The van der Waals surface area contributed by atoms with Gasteiger partial charge in [0.2, 0.25) is 0 Å². The Bertz CT molecular complexity index is 677. The van der Waals surface area contributed by atoms with Crippen molar-refractivity contribution in [2.45, 2.75) is 46.3 Å². The third kappa shape index (κ3) is 9.00. The number of rotatable bonds is 10. The number of carbonyl (C=O) groups is 2. The van der Waals surface area contributed by atoms with E-state index in [-0.39, 0.29) is 32.9 Å². The van der Waals surface area contributed by atoms with Crippen molar-refractivity contribution in [1.82, 2.24) is 10.6 Å². The number of halogens is 3. The molecule has 0 saturated heterocycles. The molecule has 170 valence electrons. The molecule has 10 heteroatoms. The molecule has 0 radical (unpaired) electrons. The predicted molar refractivity (Wildman–Crippen MR) is 103 cm³/mol. The van der Waals surface area contributed by atoms with Crippen LogP contribution in [-0.2, 0) is 25.6 Å². The van der Waals surface area contributed by atoms with Crippen LogP contribution in [0.5, 0.6) is 0 Å². The van der Waals surface area contributed by atoms with E-state index in [2.05, 4.69) is 5.32 Å². The van der Waals surface area contributed by atoms with Gasteiger partial charge in [0.25, 0.3) is 0 Å². The first-order chi connectivity index (χ1) is 13.8. The molecule has 1 atom stereocenters. The molecule has 2 amide bonds. The zero-order valence-corrected chi connectivity index (χ0v) is 17.6. The summed E-state index contributed by atoms with van der Waals surface area (Å²) >= 11 is 0. The topological polar surface area (TPSA) is 85.9 Å². The molecule has 0 aliphatic rings. The van der Waals surface area contributed by atoms with Crippen LogP contribution in [0.2, 0.25) is 0 Å². The monoisotopic (exact) mass is 434 g/mol. The average molecular weight is 434 g/mol. The number of alkyl halides is 3. The van der Waals surface area contributed by atoms with E-state index >= 15 is 0 Å². The Hall–Kier alpha value is -2.33. The first kappa shape index (κ1) is 25.7. The number of alkyl carbamates (subject to hydrolysis) is 1. The maximum Gasteiger partial charge on any atom is 0.471 e. The fourth-order valence-electron chi connectivity index (χ4n) is 2.16. The summed E-state index contributed by atoms with van der Waals surface area (Å²) in [5.74, 6) is -3.19. The Balaban J connectivity index is 2.37. The fraction of sp³-hybridized carbons (Fsp3) is 0.600. The molecule has 0 aromatic heterocycles. The number of amides is 2. The number of carbonyl (C=O) groups excluding carboxylic acids is 2. The zero-order chi connectivity index (χ0) is 22.8. The summed E-state index contributed by atoms with van der Waals surface area (Å²) in [6.07, 6.45) is -5.54. The van der Waals surface area contributed by atoms with Crippen molar-refractivity contribution in [2.24, 2.45) is 5.41 Å². The van der Waals surface area contributed by atoms with Gasteiger partial charge in [-0.2, -0.15) is 13.2 Å². The SMILES string of the molecule is CC(C)(C)C(C)(OCCNC(=O)OCc1ccccc1)OCCNC(=O)C(F)(F)F. The van der Waals surface area contributed by atoms with Gasteiger partial charge in [0, 0.05) is 18.5 Å². The maximum atomic E-state index is 12.2. The maximum absolute atomic E-state index is 12.2. The molecule has 7 nitrogen and oxygen atoms in total. The van der Waals surface area contributed by atoms with E-state index in [9.17, 15) is 22.8 Å². The van der Waals surface area contributed by atoms with Crippen LogP contribution in [0, 0.1) is 5.41 Å². The van der Waals surface area contributed by atoms with Crippen LogP contribution in [0.4, 0.5) is 18.0 Å². The molecule has 1 unspecified atom stereocenters. The zero-order valence-electron chi connectivity index (χ0n) is 17.6. The van der Waals surface area contributed by atoms with E-state index in [4.69, 9.17) is 14.2 Å². The summed E-state index contributed by atoms with van der Waals surface area (Å²) < 4.78 is 53.1. The summed E-state index contributed by atoms with van der Waals surface area (Å²) in [6.45, 7) is 7.02. The van der Waals surface area contributed by atoms with Crippen molar-refractivity contribution < 1.29 is 37.0 Å². The largest absolute Gasteiger partial charge is 0.471 e. The molecule has 0 bridgehead atoms. The second kappa shape index (κ2) is 11.2. The van der Waals surface area contributed by atoms with E-state index in [1.54, 1.807) is 12.2 Å². The molecule has 1 rings (SSSR count). The Morgan fingerprint density at radius 3 is 1.93 bits per heavy atom. The van der Waals surface area contributed by atoms with Crippen molar-refractivity contribution in [3.8, 4) is 0 Å². The summed E-state index contributed by atoms with van der Waals surface area (Å²) in [6, 6.07) is 9.21. The Kier molecular flexibility index (Phi) is 9.57. The Morgan fingerprint density at radius 1 is 0.900 bits per heavy atom. The average Bonchev–Trinajstić information content (AvgIpc) is 2.66. The van der Waals surface area contributed by atoms with Crippen LogP contribution in [0.3, 0.4) is 0 Å². The summed E-state index contributed by atoms with van der Waals surface area (Å²) in [7, 11) is 0. The van der Waals surface area contributed by atoms with Crippen LogP contribution in [0.15, 0.2) is 30.3 Å². The molecule has 0 aliphatic heterocycles. The minimum absolute atomic E-state index is 0.0864. The predicted octanol–water partition coefficient (Wildman–Crippen LogP) is 3.39. The number of ether oxygens (including phenoxy) is 3. The van der Waals surface area contributed by atoms with E-state index in [0.717, 1.165) is 5.56 Å². The molecule has 1 aromatic rings.